The summed E-state index contributed by atoms with van der Waals surface area (Å²) < 4.78 is 14.4. The first kappa shape index (κ1) is 26.6. The second kappa shape index (κ2) is 11.3. The molecule has 0 fully saturated rings. The largest absolute Gasteiger partial charge is 0.481 e. The highest BCUT2D eigenvalue weighted by Gasteiger charge is 2.18. The van der Waals surface area contributed by atoms with Crippen molar-refractivity contribution in [3.63, 3.8) is 0 Å². The predicted octanol–water partition coefficient (Wildman–Crippen LogP) is 1.57. The zero-order chi connectivity index (χ0) is 27.4. The maximum atomic E-state index is 14.4. The molecule has 0 aliphatic rings. The molecule has 2 atom stereocenters. The van der Waals surface area contributed by atoms with Gasteiger partial charge in [0.1, 0.15) is 17.2 Å². The van der Waals surface area contributed by atoms with E-state index >= 15 is 0 Å². The summed E-state index contributed by atoms with van der Waals surface area (Å²) in [5, 5.41) is 33.4. The number of aromatic nitrogens is 3. The normalized spacial score (nSPS) is 12.9. The van der Waals surface area contributed by atoms with E-state index in [-0.39, 0.29) is 53.9 Å². The average Bonchev–Trinajstić information content (AvgIpc) is 3.24. The summed E-state index contributed by atoms with van der Waals surface area (Å²) in [5.41, 5.74) is 7.77. The molecule has 0 aliphatic carbocycles. The monoisotopic (exact) mass is 526 g/mol. The number of urea groups is 1. The molecule has 200 valence electrons. The summed E-state index contributed by atoms with van der Waals surface area (Å²) in [7, 11) is 0. The highest BCUT2D eigenvalue weighted by Crippen LogP contribution is 2.30. The first-order chi connectivity index (χ1) is 18.1. The molecule has 4 aromatic rings. The van der Waals surface area contributed by atoms with Crippen molar-refractivity contribution >= 4 is 39.6 Å². The third-order valence-corrected chi connectivity index (χ3v) is 5.98. The second-order valence-corrected chi connectivity index (χ2v) is 8.88. The van der Waals surface area contributed by atoms with Crippen molar-refractivity contribution in [2.45, 2.75) is 38.0 Å². The zero-order valence-corrected chi connectivity index (χ0v) is 20.1. The fourth-order valence-corrected chi connectivity index (χ4v) is 4.17. The van der Waals surface area contributed by atoms with Crippen LogP contribution >= 0.6 is 0 Å². The van der Waals surface area contributed by atoms with E-state index in [9.17, 15) is 29.0 Å². The van der Waals surface area contributed by atoms with E-state index in [1.54, 1.807) is 24.3 Å². The van der Waals surface area contributed by atoms with Crippen LogP contribution in [0.25, 0.3) is 33.3 Å². The molecule has 0 spiro atoms. The van der Waals surface area contributed by atoms with E-state index in [0.29, 0.717) is 11.0 Å². The first-order valence-corrected chi connectivity index (χ1v) is 11.8. The minimum atomic E-state index is -1.16. The number of amides is 2. The predicted molar refractivity (Wildman–Crippen MR) is 138 cm³/mol. The van der Waals surface area contributed by atoms with Crippen LogP contribution in [-0.2, 0) is 11.3 Å². The Balaban J connectivity index is 1.38. The van der Waals surface area contributed by atoms with E-state index in [2.05, 4.69) is 25.6 Å². The third kappa shape index (κ3) is 6.07. The van der Waals surface area contributed by atoms with Crippen LogP contribution in [0.2, 0.25) is 0 Å². The molecule has 2 aromatic carbocycles. The molecule has 4 rings (SSSR count). The lowest BCUT2D eigenvalue weighted by molar-refractivity contribution is -0.139. The lowest BCUT2D eigenvalue weighted by atomic mass is 10.1. The number of aromatic amines is 2. The van der Waals surface area contributed by atoms with Gasteiger partial charge in [-0.05, 0) is 42.7 Å². The molecule has 2 unspecified atom stereocenters. The molecule has 2 heterocycles. The lowest BCUT2D eigenvalue weighted by Crippen LogP contribution is -2.36. The molecule has 0 radical (unpaired) electrons. The van der Waals surface area contributed by atoms with Gasteiger partial charge in [0.05, 0.1) is 46.3 Å². The number of imidazole rings is 1. The Morgan fingerprint density at radius 3 is 2.63 bits per heavy atom. The summed E-state index contributed by atoms with van der Waals surface area (Å²) in [4.78, 5) is 45.4. The molecular weight excluding hydrogens is 499 g/mol. The number of H-pyrrole nitrogens is 2. The molecule has 0 saturated carbocycles. The number of hydrogen-bond acceptors (Lipinski definition) is 7. The van der Waals surface area contributed by atoms with Crippen molar-refractivity contribution in [1.82, 2.24) is 25.6 Å². The van der Waals surface area contributed by atoms with Crippen molar-refractivity contribution < 1.29 is 29.3 Å². The number of fused-ring (bicyclic) bond motifs is 2. The fraction of sp³-hybridized carbons (Fsp3) is 0.280. The van der Waals surface area contributed by atoms with Crippen LogP contribution in [-0.4, -0.2) is 61.0 Å². The van der Waals surface area contributed by atoms with Crippen molar-refractivity contribution in [2.75, 3.05) is 12.3 Å². The van der Waals surface area contributed by atoms with E-state index < -0.39 is 42.0 Å². The van der Waals surface area contributed by atoms with Crippen LogP contribution < -0.4 is 21.9 Å². The zero-order valence-electron chi connectivity index (χ0n) is 20.1. The first-order valence-electron chi connectivity index (χ1n) is 11.8. The van der Waals surface area contributed by atoms with E-state index in [1.165, 1.54) is 12.1 Å². The van der Waals surface area contributed by atoms with Crippen LogP contribution in [0.4, 0.5) is 14.9 Å². The number of benzene rings is 2. The number of aliphatic hydroxyl groups excluding tert-OH is 2. The Kier molecular flexibility index (Phi) is 7.88. The number of nitrogens with zero attached hydrogens (tertiary/aromatic N) is 1. The van der Waals surface area contributed by atoms with Gasteiger partial charge in [0.2, 0.25) is 0 Å². The Morgan fingerprint density at radius 1 is 1.08 bits per heavy atom. The minimum Gasteiger partial charge on any atom is -0.481 e. The van der Waals surface area contributed by atoms with Crippen LogP contribution in [0.1, 0.15) is 24.8 Å². The van der Waals surface area contributed by atoms with Gasteiger partial charge in [0, 0.05) is 13.1 Å². The molecule has 9 N–H and O–H groups in total. The van der Waals surface area contributed by atoms with Crippen molar-refractivity contribution in [3.05, 3.63) is 58.1 Å². The molecule has 0 aliphatic heterocycles. The van der Waals surface area contributed by atoms with Crippen molar-refractivity contribution in [1.29, 1.82) is 0 Å². The quantitative estimate of drug-likeness (QED) is 0.152. The van der Waals surface area contributed by atoms with Gasteiger partial charge in [-0.15, -0.1) is 0 Å². The number of pyridine rings is 1. The van der Waals surface area contributed by atoms with Gasteiger partial charge >= 0.3 is 12.0 Å². The summed E-state index contributed by atoms with van der Waals surface area (Å²) >= 11 is 0. The Labute approximate surface area is 214 Å². The summed E-state index contributed by atoms with van der Waals surface area (Å²) in [6.45, 7) is 0.290. The highest BCUT2D eigenvalue weighted by atomic mass is 19.1. The van der Waals surface area contributed by atoms with Crippen molar-refractivity contribution in [2.24, 2.45) is 0 Å². The second-order valence-electron chi connectivity index (χ2n) is 8.88. The van der Waals surface area contributed by atoms with Gasteiger partial charge < -0.3 is 41.7 Å². The Hall–Kier alpha value is -4.49. The molecule has 38 heavy (non-hydrogen) atoms. The number of hydrogen-bond donors (Lipinski definition) is 8. The molecule has 2 aromatic heterocycles. The maximum absolute atomic E-state index is 14.4. The lowest BCUT2D eigenvalue weighted by Gasteiger charge is -2.14. The van der Waals surface area contributed by atoms with Gasteiger partial charge in [-0.3, -0.25) is 9.59 Å². The molecule has 12 nitrogen and oxygen atoms in total. The number of nitrogen functional groups attached to an aromatic ring is 1. The minimum absolute atomic E-state index is 0.0236. The SMILES string of the molecule is Nc1c(-c2nc3ccc(CNC(=O)NCCC(O)CC(O)CC(=O)O)cc3[nH]2)c(=O)[nH]c2cccc(F)c12. The van der Waals surface area contributed by atoms with Crippen LogP contribution in [0.15, 0.2) is 41.2 Å². The number of aliphatic hydroxyl groups is 2. The number of rotatable bonds is 10. The molecular formula is C25H27FN6O6. The number of aliphatic carboxylic acids is 1. The number of carbonyl (C=O) groups is 2. The standard InChI is InChI=1S/C25H27FN6O6/c26-15-2-1-3-17-20(15)22(27)21(24(37)32-17)23-30-16-5-4-12(8-18(16)31-23)11-29-25(38)28-7-6-13(33)9-14(34)10-19(35)36/h1-5,8,13-14,33-34H,6-7,9-11H2,(H,30,31)(H,35,36)(H3,27,32,37)(H2,28,29,38). The maximum Gasteiger partial charge on any atom is 0.315 e. The van der Waals surface area contributed by atoms with E-state index in [1.807, 2.05) is 0 Å². The van der Waals surface area contributed by atoms with Gasteiger partial charge in [0.25, 0.3) is 5.56 Å². The smallest absolute Gasteiger partial charge is 0.315 e. The van der Waals surface area contributed by atoms with Gasteiger partial charge in [-0.2, -0.15) is 0 Å². The van der Waals surface area contributed by atoms with Gasteiger partial charge in [-0.1, -0.05) is 12.1 Å². The van der Waals surface area contributed by atoms with Crippen LogP contribution in [0.5, 0.6) is 0 Å². The number of nitrogens with one attached hydrogen (secondary N) is 4. The number of anilines is 1. The summed E-state index contributed by atoms with van der Waals surface area (Å²) in [6.07, 6.45) is -2.53. The molecule has 0 saturated heterocycles. The number of halogens is 1. The Bertz CT molecular complexity index is 1550. The topological polar surface area (TPSA) is 206 Å². The number of carbonyl (C=O) groups excluding carboxylic acids is 1. The summed E-state index contributed by atoms with van der Waals surface area (Å²) in [5.74, 6) is -1.54. The molecule has 2 amide bonds. The van der Waals surface area contributed by atoms with E-state index in [0.717, 1.165) is 5.56 Å². The number of carboxylic acid groups (broad SMARTS) is 1. The third-order valence-electron chi connectivity index (χ3n) is 5.98. The molecule has 0 bridgehead atoms. The van der Waals surface area contributed by atoms with Crippen LogP contribution in [0.3, 0.4) is 0 Å². The number of nitrogens with two attached hydrogens (primary N) is 1. The van der Waals surface area contributed by atoms with Gasteiger partial charge in [0.15, 0.2) is 0 Å². The Morgan fingerprint density at radius 2 is 1.87 bits per heavy atom. The van der Waals surface area contributed by atoms with Gasteiger partial charge in [-0.25, -0.2) is 14.2 Å². The molecule has 13 heteroatoms. The number of carboxylic acids is 1. The van der Waals surface area contributed by atoms with E-state index in [4.69, 9.17) is 10.8 Å². The fourth-order valence-electron chi connectivity index (χ4n) is 4.17. The summed E-state index contributed by atoms with van der Waals surface area (Å²) in [6, 6.07) is 9.00. The van der Waals surface area contributed by atoms with Crippen LogP contribution in [0, 0.1) is 5.82 Å². The van der Waals surface area contributed by atoms with Crippen molar-refractivity contribution in [3.8, 4) is 11.4 Å². The average molecular weight is 527 g/mol. The highest BCUT2D eigenvalue weighted by molar-refractivity contribution is 5.98.